The van der Waals surface area contributed by atoms with Crippen molar-refractivity contribution in [3.63, 3.8) is 0 Å². The number of aliphatic hydroxyl groups is 1. The third-order valence-corrected chi connectivity index (χ3v) is 3.77. The highest BCUT2D eigenvalue weighted by Crippen LogP contribution is 2.26. The molecule has 0 fully saturated rings. The summed E-state index contributed by atoms with van der Waals surface area (Å²) in [6.07, 6.45) is -0.802. The molecule has 0 radical (unpaired) electrons. The van der Waals surface area contributed by atoms with Crippen LogP contribution in [0.3, 0.4) is 0 Å². The first-order valence-corrected chi connectivity index (χ1v) is 7.36. The summed E-state index contributed by atoms with van der Waals surface area (Å²) in [6.45, 7) is 5.55. The Labute approximate surface area is 125 Å². The molecule has 1 N–H and O–H groups in total. The number of rotatable bonds is 6. The van der Waals surface area contributed by atoms with E-state index in [4.69, 9.17) is 0 Å². The number of anilines is 1. The minimum absolute atomic E-state index is 0.0675. The van der Waals surface area contributed by atoms with Crippen molar-refractivity contribution in [3.8, 4) is 0 Å². The van der Waals surface area contributed by atoms with E-state index in [1.165, 1.54) is 6.07 Å². The molecule has 0 saturated carbocycles. The average molecular weight is 287 g/mol. The number of para-hydroxylation sites is 1. The molecule has 0 heterocycles. The molecule has 0 amide bonds. The Balaban J connectivity index is 2.09. The minimum atomic E-state index is -0.802. The van der Waals surface area contributed by atoms with Crippen molar-refractivity contribution < 1.29 is 9.50 Å². The predicted octanol–water partition coefficient (Wildman–Crippen LogP) is 4.02. The lowest BCUT2D eigenvalue weighted by Crippen LogP contribution is -2.31. The molecular weight excluding hydrogens is 265 g/mol. The summed E-state index contributed by atoms with van der Waals surface area (Å²) in [4.78, 5) is 2.19. The summed E-state index contributed by atoms with van der Waals surface area (Å²) in [6, 6.07) is 16.5. The smallest absolute Gasteiger partial charge is 0.129 e. The van der Waals surface area contributed by atoms with E-state index in [-0.39, 0.29) is 11.7 Å². The van der Waals surface area contributed by atoms with E-state index in [0.29, 0.717) is 12.1 Å². The molecule has 2 aromatic rings. The Morgan fingerprint density at radius 2 is 1.67 bits per heavy atom. The number of halogens is 1. The lowest BCUT2D eigenvalue weighted by atomic mass is 9.96. The third-order valence-electron chi connectivity index (χ3n) is 3.77. The highest BCUT2D eigenvalue weighted by molar-refractivity contribution is 5.45. The Hall–Kier alpha value is -1.87. The SMILES string of the molecule is CCN(CC(C)C(O)c1ccccc1F)c1ccccc1. The molecule has 0 bridgehead atoms. The number of nitrogens with zero attached hydrogens (tertiary/aromatic N) is 1. The molecule has 0 aromatic heterocycles. The van der Waals surface area contributed by atoms with Gasteiger partial charge < -0.3 is 10.0 Å². The summed E-state index contributed by atoms with van der Waals surface area (Å²) in [7, 11) is 0. The maximum atomic E-state index is 13.8. The summed E-state index contributed by atoms with van der Waals surface area (Å²) in [5.41, 5.74) is 1.49. The number of benzene rings is 2. The van der Waals surface area contributed by atoms with Crippen LogP contribution in [0.15, 0.2) is 54.6 Å². The summed E-state index contributed by atoms with van der Waals surface area (Å²) in [5, 5.41) is 10.4. The van der Waals surface area contributed by atoms with Crippen molar-refractivity contribution in [1.82, 2.24) is 0 Å². The zero-order valence-corrected chi connectivity index (χ0v) is 12.5. The molecule has 0 saturated heterocycles. The maximum Gasteiger partial charge on any atom is 0.129 e. The first-order valence-electron chi connectivity index (χ1n) is 7.36. The summed E-state index contributed by atoms with van der Waals surface area (Å²) >= 11 is 0. The third kappa shape index (κ3) is 3.82. The van der Waals surface area contributed by atoms with Gasteiger partial charge in [0.1, 0.15) is 5.82 Å². The van der Waals surface area contributed by atoms with Crippen molar-refractivity contribution in [3.05, 3.63) is 66.0 Å². The van der Waals surface area contributed by atoms with Gasteiger partial charge in [-0.25, -0.2) is 4.39 Å². The van der Waals surface area contributed by atoms with E-state index in [1.54, 1.807) is 18.2 Å². The van der Waals surface area contributed by atoms with Gasteiger partial charge >= 0.3 is 0 Å². The van der Waals surface area contributed by atoms with Gasteiger partial charge in [0.2, 0.25) is 0 Å². The van der Waals surface area contributed by atoms with Crippen molar-refractivity contribution in [2.75, 3.05) is 18.0 Å². The topological polar surface area (TPSA) is 23.5 Å². The lowest BCUT2D eigenvalue weighted by molar-refractivity contribution is 0.116. The second kappa shape index (κ2) is 7.23. The van der Waals surface area contributed by atoms with Gasteiger partial charge in [-0.05, 0) is 25.1 Å². The molecule has 2 aromatic carbocycles. The van der Waals surface area contributed by atoms with Gasteiger partial charge in [-0.2, -0.15) is 0 Å². The number of aliphatic hydroxyl groups excluding tert-OH is 1. The van der Waals surface area contributed by atoms with Crippen LogP contribution in [-0.2, 0) is 0 Å². The van der Waals surface area contributed by atoms with Crippen LogP contribution in [0.1, 0.15) is 25.5 Å². The van der Waals surface area contributed by atoms with Crippen LogP contribution in [0.25, 0.3) is 0 Å². The van der Waals surface area contributed by atoms with Crippen molar-refractivity contribution >= 4 is 5.69 Å². The molecule has 0 aliphatic carbocycles. The predicted molar refractivity (Wildman–Crippen MR) is 84.9 cm³/mol. The van der Waals surface area contributed by atoms with Gasteiger partial charge in [0, 0.05) is 30.3 Å². The molecule has 2 atom stereocenters. The summed E-state index contributed by atoms with van der Waals surface area (Å²) in [5.74, 6) is -0.415. The molecule has 0 aliphatic rings. The van der Waals surface area contributed by atoms with E-state index in [0.717, 1.165) is 12.2 Å². The molecule has 2 unspecified atom stereocenters. The number of hydrogen-bond donors (Lipinski definition) is 1. The fraction of sp³-hybridized carbons (Fsp3) is 0.333. The molecule has 21 heavy (non-hydrogen) atoms. The average Bonchev–Trinajstić information content (AvgIpc) is 2.53. The van der Waals surface area contributed by atoms with Crippen LogP contribution in [0.4, 0.5) is 10.1 Å². The Bertz CT molecular complexity index is 558. The second-order valence-corrected chi connectivity index (χ2v) is 5.32. The van der Waals surface area contributed by atoms with Crippen LogP contribution in [-0.4, -0.2) is 18.2 Å². The largest absolute Gasteiger partial charge is 0.388 e. The highest BCUT2D eigenvalue weighted by Gasteiger charge is 2.21. The van der Waals surface area contributed by atoms with E-state index in [2.05, 4.69) is 11.8 Å². The Morgan fingerprint density at radius 3 is 2.29 bits per heavy atom. The Morgan fingerprint density at radius 1 is 1.05 bits per heavy atom. The van der Waals surface area contributed by atoms with E-state index >= 15 is 0 Å². The molecular formula is C18H22FNO. The van der Waals surface area contributed by atoms with Crippen LogP contribution in [0.5, 0.6) is 0 Å². The second-order valence-electron chi connectivity index (χ2n) is 5.32. The van der Waals surface area contributed by atoms with Gasteiger partial charge in [-0.3, -0.25) is 0 Å². The first kappa shape index (κ1) is 15.5. The Kier molecular flexibility index (Phi) is 5.34. The van der Waals surface area contributed by atoms with Gasteiger partial charge in [0.05, 0.1) is 6.10 Å². The van der Waals surface area contributed by atoms with Crippen molar-refractivity contribution in [2.24, 2.45) is 5.92 Å². The van der Waals surface area contributed by atoms with Gasteiger partial charge in [0.25, 0.3) is 0 Å². The molecule has 3 heteroatoms. The van der Waals surface area contributed by atoms with Crippen molar-refractivity contribution in [1.29, 1.82) is 0 Å². The van der Waals surface area contributed by atoms with Crippen molar-refractivity contribution in [2.45, 2.75) is 20.0 Å². The highest BCUT2D eigenvalue weighted by atomic mass is 19.1. The molecule has 0 spiro atoms. The first-order chi connectivity index (χ1) is 10.1. The molecule has 2 nitrogen and oxygen atoms in total. The van der Waals surface area contributed by atoms with Crippen LogP contribution in [0, 0.1) is 11.7 Å². The zero-order chi connectivity index (χ0) is 15.2. The van der Waals surface area contributed by atoms with Gasteiger partial charge in [0.15, 0.2) is 0 Å². The monoisotopic (exact) mass is 287 g/mol. The lowest BCUT2D eigenvalue weighted by Gasteiger charge is -2.29. The van der Waals surface area contributed by atoms with E-state index < -0.39 is 6.10 Å². The summed E-state index contributed by atoms with van der Waals surface area (Å²) < 4.78 is 13.8. The van der Waals surface area contributed by atoms with Crippen LogP contribution in [0.2, 0.25) is 0 Å². The quantitative estimate of drug-likeness (QED) is 0.867. The zero-order valence-electron chi connectivity index (χ0n) is 12.5. The fourth-order valence-electron chi connectivity index (χ4n) is 2.52. The molecule has 0 aliphatic heterocycles. The van der Waals surface area contributed by atoms with Crippen LogP contribution >= 0.6 is 0 Å². The molecule has 112 valence electrons. The van der Waals surface area contributed by atoms with Gasteiger partial charge in [-0.1, -0.05) is 43.3 Å². The number of hydrogen-bond acceptors (Lipinski definition) is 2. The van der Waals surface area contributed by atoms with E-state index in [1.807, 2.05) is 37.3 Å². The van der Waals surface area contributed by atoms with Gasteiger partial charge in [-0.15, -0.1) is 0 Å². The maximum absolute atomic E-state index is 13.8. The standard InChI is InChI=1S/C18H22FNO/c1-3-20(15-9-5-4-6-10-15)13-14(2)18(21)16-11-7-8-12-17(16)19/h4-12,14,18,21H,3,13H2,1-2H3. The van der Waals surface area contributed by atoms with E-state index in [9.17, 15) is 9.50 Å². The van der Waals surface area contributed by atoms with Crippen LogP contribution < -0.4 is 4.90 Å². The molecule has 2 rings (SSSR count). The minimum Gasteiger partial charge on any atom is -0.388 e. The normalized spacial score (nSPS) is 13.7. The fourth-order valence-corrected chi connectivity index (χ4v) is 2.52.